The molecule has 1 saturated heterocycles. The van der Waals surface area contributed by atoms with E-state index in [9.17, 15) is 9.90 Å². The number of carbonyl (C=O) groups is 1. The monoisotopic (exact) mass is 386 g/mol. The van der Waals surface area contributed by atoms with E-state index in [1.54, 1.807) is 0 Å². The summed E-state index contributed by atoms with van der Waals surface area (Å²) in [5.74, 6) is 0.809. The molecule has 3 heterocycles. The van der Waals surface area contributed by atoms with Crippen molar-refractivity contribution in [1.29, 1.82) is 0 Å². The van der Waals surface area contributed by atoms with Crippen molar-refractivity contribution in [2.75, 3.05) is 13.1 Å². The van der Waals surface area contributed by atoms with Gasteiger partial charge in [0.2, 0.25) is 5.69 Å². The summed E-state index contributed by atoms with van der Waals surface area (Å²) in [7, 11) is 0. The first-order valence-corrected chi connectivity index (χ1v) is 9.53. The van der Waals surface area contributed by atoms with Gasteiger partial charge in [-0.1, -0.05) is 29.8 Å². The van der Waals surface area contributed by atoms with Crippen molar-refractivity contribution < 1.29 is 19.2 Å². The smallest absolute Gasteiger partial charge is 0.316 e. The number of fused-ring (bicyclic) bond motifs is 1. The molecule has 1 fully saturated rings. The lowest BCUT2D eigenvalue weighted by atomic mass is 10.2. The fraction of sp³-hybridized carbons (Fsp3) is 0.300. The van der Waals surface area contributed by atoms with Crippen molar-refractivity contribution in [2.45, 2.75) is 25.6 Å². The minimum Gasteiger partial charge on any atom is -0.387 e. The van der Waals surface area contributed by atoms with E-state index in [0.717, 1.165) is 43.0 Å². The number of aliphatic hydroxyl groups is 1. The Labute approximate surface area is 162 Å². The highest BCUT2D eigenvalue weighted by molar-refractivity contribution is 6.30. The third-order valence-corrected chi connectivity index (χ3v) is 5.25. The molecule has 27 heavy (non-hydrogen) atoms. The van der Waals surface area contributed by atoms with Crippen LogP contribution in [-0.2, 0) is 13.1 Å². The van der Waals surface area contributed by atoms with Crippen LogP contribution < -0.4 is 14.6 Å². The fourth-order valence-electron chi connectivity index (χ4n) is 3.68. The summed E-state index contributed by atoms with van der Waals surface area (Å²) in [6, 6.07) is 13.3. The number of aliphatic hydroxyl groups excluding tert-OH is 1. The number of carbonyl (C=O) groups excluding carboxylic acids is 1. The van der Waals surface area contributed by atoms with Crippen LogP contribution >= 0.6 is 11.6 Å². The van der Waals surface area contributed by atoms with Gasteiger partial charge in [0.25, 0.3) is 5.91 Å². The first-order valence-electron chi connectivity index (χ1n) is 9.15. The molecule has 0 aliphatic carbocycles. The molecule has 0 spiro atoms. The zero-order valence-corrected chi connectivity index (χ0v) is 15.7. The van der Waals surface area contributed by atoms with Gasteiger partial charge in [-0.3, -0.25) is 4.79 Å². The molecule has 2 aromatic heterocycles. The van der Waals surface area contributed by atoms with Gasteiger partial charge in [0.05, 0.1) is 12.7 Å². The molecule has 1 aliphatic heterocycles. The van der Waals surface area contributed by atoms with E-state index < -0.39 is 0 Å². The fourth-order valence-corrected chi connectivity index (χ4v) is 3.89. The van der Waals surface area contributed by atoms with Crippen LogP contribution in [0.1, 0.15) is 28.3 Å². The summed E-state index contributed by atoms with van der Waals surface area (Å²) in [6.45, 7) is 2.83. The Morgan fingerprint density at radius 3 is 3.00 bits per heavy atom. The molecule has 0 radical (unpaired) electrons. The maximum Gasteiger partial charge on any atom is 0.316 e. The van der Waals surface area contributed by atoms with E-state index in [-0.39, 0.29) is 12.0 Å². The van der Waals surface area contributed by atoms with Crippen LogP contribution in [0, 0.1) is 0 Å². The summed E-state index contributed by atoms with van der Waals surface area (Å²) < 4.78 is 2.02. The van der Waals surface area contributed by atoms with E-state index in [0.29, 0.717) is 17.3 Å². The number of nitrogens with one attached hydrogen (secondary N) is 3. The number of rotatable bonds is 5. The molecule has 2 unspecified atom stereocenters. The van der Waals surface area contributed by atoms with Gasteiger partial charge in [-0.25, -0.2) is 4.98 Å². The van der Waals surface area contributed by atoms with E-state index >= 15 is 0 Å². The molecular formula is C20H23ClN4O2+2. The minimum atomic E-state index is -0.230. The molecule has 1 aromatic carbocycles. The number of hydrogen-bond acceptors (Lipinski definition) is 2. The van der Waals surface area contributed by atoms with Crippen LogP contribution in [-0.4, -0.2) is 35.2 Å². The number of imidazole rings is 1. The number of nitrogens with zero attached hydrogens (tertiary/aromatic N) is 1. The highest BCUT2D eigenvalue weighted by Gasteiger charge is 2.30. The number of aromatic nitrogens is 2. The number of likely N-dealkylation sites (tertiary alicyclic amines) is 1. The number of halogens is 1. The first kappa shape index (κ1) is 18.0. The van der Waals surface area contributed by atoms with Crippen molar-refractivity contribution in [3.8, 4) is 0 Å². The Morgan fingerprint density at radius 1 is 1.33 bits per heavy atom. The minimum absolute atomic E-state index is 0.151. The predicted molar refractivity (Wildman–Crippen MR) is 102 cm³/mol. The van der Waals surface area contributed by atoms with Gasteiger partial charge in [-0.05, 0) is 29.8 Å². The summed E-state index contributed by atoms with van der Waals surface area (Å²) in [4.78, 5) is 17.4. The second-order valence-electron chi connectivity index (χ2n) is 7.04. The molecule has 140 valence electrons. The van der Waals surface area contributed by atoms with E-state index in [1.165, 1.54) is 4.90 Å². The summed E-state index contributed by atoms with van der Waals surface area (Å²) >= 11 is 6.01. The molecule has 3 aromatic rings. The number of H-pyrrole nitrogens is 1. The van der Waals surface area contributed by atoms with E-state index in [1.807, 2.05) is 53.1 Å². The number of aromatic amines is 1. The van der Waals surface area contributed by atoms with E-state index in [4.69, 9.17) is 11.6 Å². The van der Waals surface area contributed by atoms with Crippen molar-refractivity contribution in [1.82, 2.24) is 10.3 Å². The van der Waals surface area contributed by atoms with Gasteiger partial charge in [0.1, 0.15) is 12.6 Å². The highest BCUT2D eigenvalue weighted by atomic mass is 35.5. The molecule has 7 heteroatoms. The molecule has 4 N–H and O–H groups in total. The Morgan fingerprint density at radius 2 is 2.22 bits per heavy atom. The first-order chi connectivity index (χ1) is 13.1. The number of benzene rings is 1. The number of hydrogen-bond donors (Lipinski definition) is 4. The lowest BCUT2D eigenvalue weighted by Gasteiger charge is -2.08. The quantitative estimate of drug-likeness (QED) is 0.482. The third kappa shape index (κ3) is 3.98. The Hall–Kier alpha value is -2.41. The molecule has 1 aliphatic rings. The van der Waals surface area contributed by atoms with Crippen LogP contribution in [0.4, 0.5) is 0 Å². The Bertz CT molecular complexity index is 972. The third-order valence-electron chi connectivity index (χ3n) is 5.02. The lowest BCUT2D eigenvalue weighted by molar-refractivity contribution is -0.908. The maximum absolute atomic E-state index is 12.8. The molecule has 6 nitrogen and oxygen atoms in total. The number of amides is 1. The normalized spacial score (nSPS) is 19.5. The molecule has 4 rings (SSSR count). The van der Waals surface area contributed by atoms with Crippen molar-refractivity contribution in [2.24, 2.45) is 0 Å². The average Bonchev–Trinajstić information content (AvgIpc) is 3.24. The zero-order valence-electron chi connectivity index (χ0n) is 14.9. The van der Waals surface area contributed by atoms with Gasteiger partial charge in [0.15, 0.2) is 12.1 Å². The van der Waals surface area contributed by atoms with Gasteiger partial charge in [-0.2, -0.15) is 4.40 Å². The topological polar surface area (TPSA) is 73.7 Å². The van der Waals surface area contributed by atoms with Gasteiger partial charge in [-0.15, -0.1) is 0 Å². The maximum atomic E-state index is 12.8. The molecule has 0 bridgehead atoms. The Balaban J connectivity index is 1.55. The second kappa shape index (κ2) is 7.68. The van der Waals surface area contributed by atoms with Gasteiger partial charge in [0, 0.05) is 18.0 Å². The van der Waals surface area contributed by atoms with Crippen LogP contribution in [0.5, 0.6) is 0 Å². The zero-order chi connectivity index (χ0) is 18.8. The SMILES string of the molecule is O=C(NCc1cccc(Cl)c1)c1[nH]c(C[NH+]2CCC(O)C2)[n+]2ccccc12. The number of quaternary nitrogens is 1. The highest BCUT2D eigenvalue weighted by Crippen LogP contribution is 2.11. The number of pyridine rings is 1. The molecule has 2 atom stereocenters. The molecule has 1 amide bonds. The standard InChI is InChI=1S/C20H21ClN4O2/c21-15-5-3-4-14(10-15)11-22-20(27)19-17-6-1-2-8-25(17)18(23-19)13-24-9-7-16(26)12-24/h1-6,8,10,16,26H,7,9,11-13H2,(H,22,27)/p+2. The summed E-state index contributed by atoms with van der Waals surface area (Å²) in [5, 5.41) is 13.4. The molecule has 0 saturated carbocycles. The Kier molecular flexibility index (Phi) is 5.11. The summed E-state index contributed by atoms with van der Waals surface area (Å²) in [5.41, 5.74) is 2.34. The van der Waals surface area contributed by atoms with Crippen LogP contribution in [0.15, 0.2) is 48.7 Å². The van der Waals surface area contributed by atoms with Crippen molar-refractivity contribution in [3.63, 3.8) is 0 Å². The van der Waals surface area contributed by atoms with Gasteiger partial charge < -0.3 is 15.3 Å². The van der Waals surface area contributed by atoms with E-state index in [2.05, 4.69) is 10.3 Å². The average molecular weight is 387 g/mol. The largest absolute Gasteiger partial charge is 0.387 e. The lowest BCUT2D eigenvalue weighted by Crippen LogP contribution is -3.09. The predicted octanol–water partition coefficient (Wildman–Crippen LogP) is 0.486. The van der Waals surface area contributed by atoms with Crippen LogP contribution in [0.3, 0.4) is 0 Å². The van der Waals surface area contributed by atoms with Crippen LogP contribution in [0.25, 0.3) is 5.52 Å². The molecular weight excluding hydrogens is 364 g/mol. The van der Waals surface area contributed by atoms with Crippen molar-refractivity contribution in [3.05, 3.63) is 70.8 Å². The second-order valence-corrected chi connectivity index (χ2v) is 7.48. The van der Waals surface area contributed by atoms with Gasteiger partial charge >= 0.3 is 5.82 Å². The summed E-state index contributed by atoms with van der Waals surface area (Å²) in [6.07, 6.45) is 2.55. The van der Waals surface area contributed by atoms with Crippen molar-refractivity contribution >= 4 is 23.0 Å². The van der Waals surface area contributed by atoms with Crippen LogP contribution in [0.2, 0.25) is 5.02 Å².